The molecule has 0 spiro atoms. The van der Waals surface area contributed by atoms with Crippen molar-refractivity contribution in [1.29, 1.82) is 0 Å². The summed E-state index contributed by atoms with van der Waals surface area (Å²) in [6.07, 6.45) is 1.80. The Morgan fingerprint density at radius 1 is 1.33 bits per heavy atom. The Balaban J connectivity index is 2.05. The van der Waals surface area contributed by atoms with Crippen molar-refractivity contribution in [1.82, 2.24) is 20.3 Å². The number of anilines is 1. The van der Waals surface area contributed by atoms with Gasteiger partial charge in [0.15, 0.2) is 0 Å². The predicted octanol–water partition coefficient (Wildman–Crippen LogP) is 0.212. The van der Waals surface area contributed by atoms with Crippen LogP contribution in [0.1, 0.15) is 29.4 Å². The molecule has 2 heterocycles. The smallest absolute Gasteiger partial charge is 0.265 e. The summed E-state index contributed by atoms with van der Waals surface area (Å²) in [6, 6.07) is 3.50. The van der Waals surface area contributed by atoms with Gasteiger partial charge >= 0.3 is 0 Å². The number of amides is 1. The number of nitrogen functional groups attached to an aromatic ring is 1. The molecule has 1 fully saturated rings. The van der Waals surface area contributed by atoms with E-state index < -0.39 is 0 Å². The highest BCUT2D eigenvalue weighted by atomic mass is 16.2. The van der Waals surface area contributed by atoms with Gasteiger partial charge in [-0.05, 0) is 25.6 Å². The molecular weight excluding hydrogens is 268 g/mol. The molecule has 1 aromatic rings. The monoisotopic (exact) mass is 292 g/mol. The average Bonchev–Trinajstić information content (AvgIpc) is 2.49. The van der Waals surface area contributed by atoms with Crippen LogP contribution < -0.4 is 16.7 Å². The number of carbonyl (C=O) groups is 1. The van der Waals surface area contributed by atoms with Gasteiger partial charge in [0.05, 0.1) is 0 Å². The number of aryl methyl sites for hydroxylation is 1. The molecule has 0 atom stereocenters. The van der Waals surface area contributed by atoms with Crippen LogP contribution in [0.15, 0.2) is 12.1 Å². The summed E-state index contributed by atoms with van der Waals surface area (Å²) in [5.74, 6) is 5.83. The molecule has 0 aliphatic carbocycles. The minimum atomic E-state index is -0.115. The van der Waals surface area contributed by atoms with Crippen molar-refractivity contribution in [2.45, 2.75) is 19.8 Å². The van der Waals surface area contributed by atoms with Crippen LogP contribution in [-0.2, 0) is 6.42 Å². The number of piperazine rings is 1. The van der Waals surface area contributed by atoms with Crippen molar-refractivity contribution < 1.29 is 4.79 Å². The average molecular weight is 292 g/mol. The lowest BCUT2D eigenvalue weighted by molar-refractivity contribution is 0.0662. The van der Waals surface area contributed by atoms with Gasteiger partial charge in [-0.25, -0.2) is 15.8 Å². The Morgan fingerprint density at radius 3 is 2.67 bits per heavy atom. The summed E-state index contributed by atoms with van der Waals surface area (Å²) >= 11 is 0. The zero-order valence-electron chi connectivity index (χ0n) is 12.7. The summed E-state index contributed by atoms with van der Waals surface area (Å²) in [6.45, 7) is 5.64. The maximum atomic E-state index is 12.4. The van der Waals surface area contributed by atoms with Gasteiger partial charge in [-0.1, -0.05) is 13.3 Å². The second-order valence-electron chi connectivity index (χ2n) is 5.36. The minimum absolute atomic E-state index is 0.115. The number of aromatic nitrogens is 1. The molecule has 7 heteroatoms. The number of hydrazine groups is 2. The SMILES string of the molecule is CCCc1cc(C(=O)NN2CCN(C)CC2)cc(NN)n1. The fourth-order valence-electron chi connectivity index (χ4n) is 2.30. The molecule has 7 nitrogen and oxygen atoms in total. The first-order valence-corrected chi connectivity index (χ1v) is 7.34. The highest BCUT2D eigenvalue weighted by Crippen LogP contribution is 2.12. The van der Waals surface area contributed by atoms with Crippen LogP contribution in [-0.4, -0.2) is 54.0 Å². The molecule has 2 rings (SSSR count). The van der Waals surface area contributed by atoms with Gasteiger partial charge in [0.25, 0.3) is 5.91 Å². The van der Waals surface area contributed by atoms with E-state index in [2.05, 4.69) is 34.7 Å². The van der Waals surface area contributed by atoms with Gasteiger partial charge in [0.2, 0.25) is 0 Å². The van der Waals surface area contributed by atoms with Crippen molar-refractivity contribution in [2.24, 2.45) is 5.84 Å². The van der Waals surface area contributed by atoms with E-state index in [0.29, 0.717) is 11.4 Å². The third kappa shape index (κ3) is 4.38. The zero-order chi connectivity index (χ0) is 15.2. The molecule has 0 radical (unpaired) electrons. The summed E-state index contributed by atoms with van der Waals surface area (Å²) in [5, 5.41) is 1.96. The highest BCUT2D eigenvalue weighted by Gasteiger charge is 2.17. The molecule has 1 saturated heterocycles. The van der Waals surface area contributed by atoms with Crippen molar-refractivity contribution in [2.75, 3.05) is 38.7 Å². The van der Waals surface area contributed by atoms with E-state index in [1.54, 1.807) is 6.07 Å². The Labute approximate surface area is 125 Å². The predicted molar refractivity (Wildman–Crippen MR) is 82.6 cm³/mol. The quantitative estimate of drug-likeness (QED) is 0.531. The molecule has 116 valence electrons. The number of nitrogens with zero attached hydrogens (tertiary/aromatic N) is 3. The van der Waals surface area contributed by atoms with Gasteiger partial charge < -0.3 is 10.3 Å². The van der Waals surface area contributed by atoms with E-state index in [1.807, 2.05) is 11.1 Å². The molecule has 1 aromatic heterocycles. The molecular formula is C14H24N6O. The third-order valence-electron chi connectivity index (χ3n) is 3.56. The lowest BCUT2D eigenvalue weighted by Gasteiger charge is -2.32. The van der Waals surface area contributed by atoms with E-state index in [9.17, 15) is 4.79 Å². The number of hydrogen-bond donors (Lipinski definition) is 3. The minimum Gasteiger partial charge on any atom is -0.308 e. The van der Waals surface area contributed by atoms with Gasteiger partial charge in [-0.15, -0.1) is 0 Å². The largest absolute Gasteiger partial charge is 0.308 e. The van der Waals surface area contributed by atoms with Gasteiger partial charge in [-0.2, -0.15) is 0 Å². The van der Waals surface area contributed by atoms with Crippen molar-refractivity contribution in [3.63, 3.8) is 0 Å². The summed E-state index contributed by atoms with van der Waals surface area (Å²) in [4.78, 5) is 18.9. The first-order chi connectivity index (χ1) is 10.1. The van der Waals surface area contributed by atoms with Crippen LogP contribution in [0.4, 0.5) is 5.82 Å². The fraction of sp³-hybridized carbons (Fsp3) is 0.571. The first-order valence-electron chi connectivity index (χ1n) is 7.34. The second-order valence-corrected chi connectivity index (χ2v) is 5.36. The van der Waals surface area contributed by atoms with Crippen molar-refractivity contribution in [3.8, 4) is 0 Å². The fourth-order valence-corrected chi connectivity index (χ4v) is 2.30. The van der Waals surface area contributed by atoms with E-state index in [1.165, 1.54) is 0 Å². The molecule has 1 aliphatic rings. The Hall–Kier alpha value is -1.70. The summed E-state index contributed by atoms with van der Waals surface area (Å²) < 4.78 is 0. The summed E-state index contributed by atoms with van der Waals surface area (Å²) in [5.41, 5.74) is 6.92. The number of rotatable bonds is 5. The third-order valence-corrected chi connectivity index (χ3v) is 3.56. The molecule has 1 amide bonds. The Bertz CT molecular complexity index is 484. The van der Waals surface area contributed by atoms with Crippen LogP contribution in [0.2, 0.25) is 0 Å². The van der Waals surface area contributed by atoms with Gasteiger partial charge in [-0.3, -0.25) is 10.2 Å². The maximum Gasteiger partial charge on any atom is 0.265 e. The Morgan fingerprint density at radius 2 is 2.05 bits per heavy atom. The number of likely N-dealkylation sites (N-methyl/N-ethyl adjacent to an activating group) is 1. The van der Waals surface area contributed by atoms with E-state index >= 15 is 0 Å². The topological polar surface area (TPSA) is 86.5 Å². The Kier molecular flexibility index (Phi) is 5.49. The number of nitrogens with one attached hydrogen (secondary N) is 2. The molecule has 0 aromatic carbocycles. The van der Waals surface area contributed by atoms with Crippen molar-refractivity contribution >= 4 is 11.7 Å². The van der Waals surface area contributed by atoms with Gasteiger partial charge in [0.1, 0.15) is 5.82 Å². The standard InChI is InChI=1S/C14H24N6O/c1-3-4-12-9-11(10-13(16-12)17-15)14(21)18-20-7-5-19(2)6-8-20/h9-10H,3-8,15H2,1-2H3,(H,16,17)(H,18,21). The molecule has 1 aliphatic heterocycles. The second kappa shape index (κ2) is 7.35. The van der Waals surface area contributed by atoms with Crippen molar-refractivity contribution in [3.05, 3.63) is 23.4 Å². The normalized spacial score (nSPS) is 16.7. The van der Waals surface area contributed by atoms with Crippen LogP contribution in [0.25, 0.3) is 0 Å². The number of carbonyl (C=O) groups excluding carboxylic acids is 1. The number of hydrogen-bond acceptors (Lipinski definition) is 6. The van der Waals surface area contributed by atoms with Crippen LogP contribution >= 0.6 is 0 Å². The maximum absolute atomic E-state index is 12.4. The number of pyridine rings is 1. The molecule has 21 heavy (non-hydrogen) atoms. The number of nitrogens with two attached hydrogens (primary N) is 1. The van der Waals surface area contributed by atoms with E-state index in [4.69, 9.17) is 5.84 Å². The summed E-state index contributed by atoms with van der Waals surface area (Å²) in [7, 11) is 2.08. The van der Waals surface area contributed by atoms with Crippen LogP contribution in [0, 0.1) is 0 Å². The van der Waals surface area contributed by atoms with Gasteiger partial charge in [0, 0.05) is 37.4 Å². The van der Waals surface area contributed by atoms with E-state index in [-0.39, 0.29) is 5.91 Å². The lowest BCUT2D eigenvalue weighted by Crippen LogP contribution is -2.52. The molecule has 0 saturated carbocycles. The highest BCUT2D eigenvalue weighted by molar-refractivity contribution is 5.94. The first kappa shape index (κ1) is 15.7. The van der Waals surface area contributed by atoms with Crippen LogP contribution in [0.5, 0.6) is 0 Å². The van der Waals surface area contributed by atoms with E-state index in [0.717, 1.165) is 44.7 Å². The lowest BCUT2D eigenvalue weighted by atomic mass is 10.1. The molecule has 0 bridgehead atoms. The van der Waals surface area contributed by atoms with Crippen LogP contribution in [0.3, 0.4) is 0 Å². The molecule has 4 N–H and O–H groups in total. The zero-order valence-corrected chi connectivity index (χ0v) is 12.7. The molecule has 0 unspecified atom stereocenters.